The van der Waals surface area contributed by atoms with Gasteiger partial charge in [-0.25, -0.2) is 4.90 Å². The Kier molecular flexibility index (Phi) is 3.77. The number of benzene rings is 2. The van der Waals surface area contributed by atoms with Gasteiger partial charge in [-0.05, 0) is 36.5 Å². The summed E-state index contributed by atoms with van der Waals surface area (Å²) in [6.45, 7) is 4.22. The highest BCUT2D eigenvalue weighted by atomic mass is 35.5. The summed E-state index contributed by atoms with van der Waals surface area (Å²) in [5, 5.41) is -0.538. The van der Waals surface area contributed by atoms with Crippen LogP contribution in [0.1, 0.15) is 36.4 Å². The van der Waals surface area contributed by atoms with Gasteiger partial charge < -0.3 is 4.90 Å². The number of alkyl halides is 1. The molecule has 3 aliphatic heterocycles. The minimum Gasteiger partial charge on any atom is -0.327 e. The summed E-state index contributed by atoms with van der Waals surface area (Å²) in [4.78, 5) is 7.48. The third-order valence-corrected chi connectivity index (χ3v) is 6.61. The summed E-state index contributed by atoms with van der Waals surface area (Å²) < 4.78 is 0. The molecule has 2 atom stereocenters. The van der Waals surface area contributed by atoms with Gasteiger partial charge in [0.1, 0.15) is 0 Å². The van der Waals surface area contributed by atoms with Crippen LogP contribution in [0.15, 0.2) is 54.6 Å². The third-order valence-electron chi connectivity index (χ3n) is 5.95. The maximum atomic E-state index is 7.50. The van der Waals surface area contributed by atoms with Gasteiger partial charge in [0.25, 0.3) is 0 Å². The van der Waals surface area contributed by atoms with Crippen LogP contribution in [-0.2, 0) is 0 Å². The lowest BCUT2D eigenvalue weighted by molar-refractivity contribution is -0.0244. The average molecular weight is 354 g/mol. The zero-order valence-electron chi connectivity index (χ0n) is 14.4. The Hall–Kier alpha value is -1.55. The maximum absolute atomic E-state index is 7.50. The fourth-order valence-corrected chi connectivity index (χ4v) is 5.41. The summed E-state index contributed by atoms with van der Waals surface area (Å²) in [5.41, 5.74) is 4.02. The number of nitrogens with zero attached hydrogens (tertiary/aromatic N) is 3. The first-order valence-corrected chi connectivity index (χ1v) is 9.80. The molecule has 0 spiro atoms. The van der Waals surface area contributed by atoms with Crippen molar-refractivity contribution in [2.45, 2.75) is 30.6 Å². The van der Waals surface area contributed by atoms with E-state index < -0.39 is 5.25 Å². The fourth-order valence-electron chi connectivity index (χ4n) is 4.89. The van der Waals surface area contributed by atoms with Crippen molar-refractivity contribution in [3.63, 3.8) is 0 Å². The molecule has 3 aliphatic rings. The summed E-state index contributed by atoms with van der Waals surface area (Å²) >= 11 is 7.50. The molecule has 3 nitrogen and oxygen atoms in total. The first-order chi connectivity index (χ1) is 12.3. The van der Waals surface area contributed by atoms with Crippen molar-refractivity contribution in [3.05, 3.63) is 65.7 Å². The van der Waals surface area contributed by atoms with E-state index in [-0.39, 0.29) is 6.04 Å². The number of hydrogen-bond donors (Lipinski definition) is 0. The summed E-state index contributed by atoms with van der Waals surface area (Å²) in [6.07, 6.45) is 3.59. The molecule has 0 radical (unpaired) electrons. The fraction of sp³-hybridized carbons (Fsp3) is 0.429. The van der Waals surface area contributed by atoms with Crippen molar-refractivity contribution >= 4 is 17.3 Å². The van der Waals surface area contributed by atoms with Gasteiger partial charge in [0.15, 0.2) is 0 Å². The molecule has 2 fully saturated rings. The van der Waals surface area contributed by atoms with E-state index in [0.717, 1.165) is 26.2 Å². The molecule has 2 saturated heterocycles. The Morgan fingerprint density at radius 2 is 1.52 bits per heavy atom. The van der Waals surface area contributed by atoms with E-state index in [4.69, 9.17) is 11.6 Å². The predicted octanol–water partition coefficient (Wildman–Crippen LogP) is 4.25. The van der Waals surface area contributed by atoms with Gasteiger partial charge in [-0.3, -0.25) is 4.90 Å². The number of rotatable bonds is 1. The molecule has 0 N–H and O–H groups in total. The van der Waals surface area contributed by atoms with Gasteiger partial charge in [0.2, 0.25) is 5.25 Å². The van der Waals surface area contributed by atoms with Crippen molar-refractivity contribution in [2.24, 2.45) is 0 Å². The molecule has 4 heteroatoms. The van der Waals surface area contributed by atoms with Crippen LogP contribution in [0.3, 0.4) is 0 Å². The molecule has 0 amide bonds. The van der Waals surface area contributed by atoms with Gasteiger partial charge in [0, 0.05) is 31.9 Å². The van der Waals surface area contributed by atoms with Crippen LogP contribution >= 0.6 is 11.6 Å². The van der Waals surface area contributed by atoms with Crippen LogP contribution in [0.4, 0.5) is 5.69 Å². The number of para-hydroxylation sites is 1. The van der Waals surface area contributed by atoms with E-state index in [1.165, 1.54) is 36.1 Å². The zero-order chi connectivity index (χ0) is 16.9. The lowest BCUT2D eigenvalue weighted by Gasteiger charge is -2.60. The molecule has 2 unspecified atom stereocenters. The first-order valence-electron chi connectivity index (χ1n) is 9.42. The summed E-state index contributed by atoms with van der Waals surface area (Å²) in [5.74, 6) is 0. The van der Waals surface area contributed by atoms with Crippen molar-refractivity contribution in [2.75, 3.05) is 31.1 Å². The maximum Gasteiger partial charge on any atom is 0.232 e. The van der Waals surface area contributed by atoms with Crippen LogP contribution in [-0.4, -0.2) is 41.2 Å². The van der Waals surface area contributed by atoms with Crippen LogP contribution in [0, 0.1) is 0 Å². The normalized spacial score (nSPS) is 29.6. The highest BCUT2D eigenvalue weighted by Gasteiger charge is 2.55. The number of halogens is 1. The van der Waals surface area contributed by atoms with E-state index >= 15 is 0 Å². The molecular formula is C21H24ClN3. The second-order valence-corrected chi connectivity index (χ2v) is 7.83. The molecule has 0 aromatic heterocycles. The quantitative estimate of drug-likeness (QED) is 0.560. The molecule has 0 aliphatic carbocycles. The third kappa shape index (κ3) is 2.26. The van der Waals surface area contributed by atoms with Gasteiger partial charge in [-0.2, -0.15) is 0 Å². The molecule has 0 saturated carbocycles. The molecular weight excluding hydrogens is 330 g/mol. The summed E-state index contributed by atoms with van der Waals surface area (Å²) in [7, 11) is 0. The predicted molar refractivity (Wildman–Crippen MR) is 103 cm³/mol. The van der Waals surface area contributed by atoms with Crippen molar-refractivity contribution < 1.29 is 0 Å². The SMILES string of the molecule is ClC12N3CCCCN1C(c1ccccc1)c1ccccc1N2CCC3. The molecule has 2 aromatic rings. The number of hydrogen-bond acceptors (Lipinski definition) is 3. The first kappa shape index (κ1) is 15.7. The van der Waals surface area contributed by atoms with Crippen molar-refractivity contribution in [3.8, 4) is 0 Å². The zero-order valence-corrected chi connectivity index (χ0v) is 15.2. The molecule has 25 heavy (non-hydrogen) atoms. The van der Waals surface area contributed by atoms with E-state index in [9.17, 15) is 0 Å². The molecule has 2 aromatic carbocycles. The van der Waals surface area contributed by atoms with Gasteiger partial charge in [0.05, 0.1) is 6.04 Å². The van der Waals surface area contributed by atoms with E-state index in [1.54, 1.807) is 0 Å². The largest absolute Gasteiger partial charge is 0.327 e. The minimum atomic E-state index is -0.538. The smallest absolute Gasteiger partial charge is 0.232 e. The van der Waals surface area contributed by atoms with E-state index in [1.807, 2.05) is 0 Å². The average Bonchev–Trinajstić information content (AvgIpc) is 2.82. The van der Waals surface area contributed by atoms with Crippen LogP contribution < -0.4 is 4.90 Å². The van der Waals surface area contributed by atoms with Gasteiger partial charge >= 0.3 is 0 Å². The van der Waals surface area contributed by atoms with E-state index in [0.29, 0.717) is 0 Å². The highest BCUT2D eigenvalue weighted by molar-refractivity contribution is 6.25. The second kappa shape index (κ2) is 6.01. The minimum absolute atomic E-state index is 0.213. The Morgan fingerprint density at radius 1 is 0.800 bits per heavy atom. The lowest BCUT2D eigenvalue weighted by Crippen LogP contribution is -2.71. The Labute approximate surface area is 154 Å². The topological polar surface area (TPSA) is 9.72 Å². The van der Waals surface area contributed by atoms with Crippen molar-refractivity contribution in [1.82, 2.24) is 9.80 Å². The summed E-state index contributed by atoms with van der Waals surface area (Å²) in [6, 6.07) is 19.9. The Morgan fingerprint density at radius 3 is 2.40 bits per heavy atom. The van der Waals surface area contributed by atoms with Crippen LogP contribution in [0.2, 0.25) is 0 Å². The van der Waals surface area contributed by atoms with Crippen molar-refractivity contribution in [1.29, 1.82) is 0 Å². The standard InChI is InChI=1S/C21H24ClN3/c22-21-23-13-6-7-15-25(21)20(17-9-2-1-3-10-17)18-11-4-5-12-19(18)24(21)16-8-14-23/h1-5,9-12,20H,6-8,13-16H2. The molecule has 3 heterocycles. The van der Waals surface area contributed by atoms with Gasteiger partial charge in [-0.1, -0.05) is 60.1 Å². The monoisotopic (exact) mass is 353 g/mol. The van der Waals surface area contributed by atoms with Crippen LogP contribution in [0.25, 0.3) is 0 Å². The highest BCUT2D eigenvalue weighted by Crippen LogP contribution is 2.51. The molecule has 130 valence electrons. The Balaban J connectivity index is 1.75. The van der Waals surface area contributed by atoms with Gasteiger partial charge in [-0.15, -0.1) is 0 Å². The second-order valence-electron chi connectivity index (χ2n) is 7.32. The van der Waals surface area contributed by atoms with Crippen LogP contribution in [0.5, 0.6) is 0 Å². The Bertz CT molecular complexity index is 765. The lowest BCUT2D eigenvalue weighted by atomic mass is 9.91. The number of fused-ring (bicyclic) bond motifs is 2. The number of anilines is 1. The molecule has 5 rings (SSSR count). The van der Waals surface area contributed by atoms with E-state index in [2.05, 4.69) is 69.3 Å². The molecule has 0 bridgehead atoms.